The Morgan fingerprint density at radius 3 is 2.88 bits per heavy atom. The number of nitrogens with zero attached hydrogens (tertiary/aromatic N) is 6. The van der Waals surface area contributed by atoms with Crippen molar-refractivity contribution in [1.29, 1.82) is 0 Å². The van der Waals surface area contributed by atoms with E-state index in [1.807, 2.05) is 36.7 Å². The third-order valence-corrected chi connectivity index (χ3v) is 5.95. The number of benzene rings is 1. The van der Waals surface area contributed by atoms with Gasteiger partial charge in [0.15, 0.2) is 0 Å². The molecule has 0 saturated carbocycles. The lowest BCUT2D eigenvalue weighted by molar-refractivity contribution is 0.0789. The smallest absolute Gasteiger partial charge is 0.259 e. The number of pyridine rings is 1. The van der Waals surface area contributed by atoms with E-state index in [4.69, 9.17) is 4.52 Å². The molecule has 0 spiro atoms. The first kappa shape index (κ1) is 20.0. The van der Waals surface area contributed by atoms with Crippen molar-refractivity contribution < 1.29 is 9.32 Å². The van der Waals surface area contributed by atoms with E-state index in [-0.39, 0.29) is 22.8 Å². The number of rotatable bonds is 3. The summed E-state index contributed by atoms with van der Waals surface area (Å²) in [4.78, 5) is 41.0. The summed E-state index contributed by atoms with van der Waals surface area (Å²) >= 11 is 0. The molecule has 1 aliphatic rings. The Labute approximate surface area is 183 Å². The summed E-state index contributed by atoms with van der Waals surface area (Å²) in [5, 5.41) is 4.54. The molecule has 0 aliphatic carbocycles. The van der Waals surface area contributed by atoms with E-state index in [9.17, 15) is 9.59 Å². The molecule has 1 fully saturated rings. The molecular weight excluding hydrogens is 408 g/mol. The molecule has 162 valence electrons. The average molecular weight is 430 g/mol. The Hall–Kier alpha value is -3.88. The number of likely N-dealkylation sites (tertiary alicyclic amines) is 1. The van der Waals surface area contributed by atoms with Crippen LogP contribution in [0.1, 0.15) is 39.8 Å². The molecule has 1 saturated heterocycles. The Kier molecular flexibility index (Phi) is 4.80. The normalized spacial score (nSPS) is 16.1. The van der Waals surface area contributed by atoms with Crippen LogP contribution in [-0.2, 0) is 7.05 Å². The van der Waals surface area contributed by atoms with Gasteiger partial charge in [0.1, 0.15) is 11.9 Å². The molecular formula is C23H22N6O3. The zero-order valence-electron chi connectivity index (χ0n) is 18.1. The van der Waals surface area contributed by atoms with Crippen LogP contribution < -0.4 is 5.43 Å². The summed E-state index contributed by atoms with van der Waals surface area (Å²) in [6.07, 6.45) is 5.50. The van der Waals surface area contributed by atoms with Crippen LogP contribution in [0.5, 0.6) is 0 Å². The molecule has 9 heteroatoms. The second kappa shape index (κ2) is 7.67. The van der Waals surface area contributed by atoms with E-state index in [2.05, 4.69) is 20.1 Å². The average Bonchev–Trinajstić information content (AvgIpc) is 3.45. The number of carbonyl (C=O) groups is 1. The molecule has 0 N–H and O–H groups in total. The highest BCUT2D eigenvalue weighted by atomic mass is 16.5. The van der Waals surface area contributed by atoms with E-state index in [1.54, 1.807) is 24.2 Å². The monoisotopic (exact) mass is 430 g/mol. The van der Waals surface area contributed by atoms with Crippen LogP contribution >= 0.6 is 0 Å². The summed E-state index contributed by atoms with van der Waals surface area (Å²) in [7, 11) is 1.85. The lowest BCUT2D eigenvalue weighted by Crippen LogP contribution is -2.33. The number of amides is 1. The topological polar surface area (TPSA) is 107 Å². The maximum atomic E-state index is 13.3. The minimum Gasteiger partial charge on any atom is -0.350 e. The standard InChI is InChI=1S/C23H22N6O3/c1-13-4-5-19-16(8-13)21(30)18(11-28(19)3)23(31)29-7-6-15(10-29)20-17(9-24-12-25-20)22-26-14(2)32-27-22/h4-5,8-9,11-12,15H,6-7,10H2,1-3H3/t15-/m1/s1. The van der Waals surface area contributed by atoms with Gasteiger partial charge in [-0.1, -0.05) is 16.8 Å². The van der Waals surface area contributed by atoms with Gasteiger partial charge in [-0.3, -0.25) is 9.59 Å². The molecule has 9 nitrogen and oxygen atoms in total. The van der Waals surface area contributed by atoms with Crippen molar-refractivity contribution in [1.82, 2.24) is 29.6 Å². The van der Waals surface area contributed by atoms with Crippen molar-refractivity contribution in [3.8, 4) is 11.4 Å². The molecule has 4 heterocycles. The molecule has 32 heavy (non-hydrogen) atoms. The van der Waals surface area contributed by atoms with Crippen molar-refractivity contribution in [2.75, 3.05) is 13.1 Å². The lowest BCUT2D eigenvalue weighted by atomic mass is 10.00. The van der Waals surface area contributed by atoms with Gasteiger partial charge >= 0.3 is 0 Å². The highest BCUT2D eigenvalue weighted by Gasteiger charge is 2.32. The number of carbonyl (C=O) groups excluding carboxylic acids is 1. The molecule has 0 unspecified atom stereocenters. The van der Waals surface area contributed by atoms with Gasteiger partial charge in [-0.25, -0.2) is 9.97 Å². The van der Waals surface area contributed by atoms with Crippen molar-refractivity contribution in [3.05, 3.63) is 69.9 Å². The molecule has 0 bridgehead atoms. The van der Waals surface area contributed by atoms with Crippen LogP contribution in [0.15, 0.2) is 46.2 Å². The van der Waals surface area contributed by atoms with Gasteiger partial charge in [-0.05, 0) is 25.5 Å². The Morgan fingerprint density at radius 2 is 2.09 bits per heavy atom. The van der Waals surface area contributed by atoms with Gasteiger partial charge in [-0.15, -0.1) is 0 Å². The van der Waals surface area contributed by atoms with E-state index in [0.29, 0.717) is 35.8 Å². The Morgan fingerprint density at radius 1 is 1.25 bits per heavy atom. The maximum absolute atomic E-state index is 13.3. The number of hydrogen-bond donors (Lipinski definition) is 0. The van der Waals surface area contributed by atoms with Crippen molar-refractivity contribution >= 4 is 16.8 Å². The number of fused-ring (bicyclic) bond motifs is 1. The number of aromatic nitrogens is 5. The van der Waals surface area contributed by atoms with Crippen LogP contribution in [0, 0.1) is 13.8 Å². The third-order valence-electron chi connectivity index (χ3n) is 5.95. The molecule has 1 atom stereocenters. The molecule has 1 aliphatic heterocycles. The fourth-order valence-corrected chi connectivity index (χ4v) is 4.34. The van der Waals surface area contributed by atoms with Crippen LogP contribution in [0.2, 0.25) is 0 Å². The zero-order chi connectivity index (χ0) is 22.4. The first-order valence-electron chi connectivity index (χ1n) is 10.4. The predicted octanol–water partition coefficient (Wildman–Crippen LogP) is 2.63. The molecule has 5 rings (SSSR count). The van der Waals surface area contributed by atoms with Crippen LogP contribution in [0.3, 0.4) is 0 Å². The fraction of sp³-hybridized carbons (Fsp3) is 0.304. The fourth-order valence-electron chi connectivity index (χ4n) is 4.34. The van der Waals surface area contributed by atoms with Crippen LogP contribution in [0.4, 0.5) is 0 Å². The van der Waals surface area contributed by atoms with Gasteiger partial charge in [0.05, 0.1) is 16.8 Å². The largest absolute Gasteiger partial charge is 0.350 e. The summed E-state index contributed by atoms with van der Waals surface area (Å²) in [6.45, 7) is 4.65. The second-order valence-corrected chi connectivity index (χ2v) is 8.20. The Balaban J connectivity index is 1.46. The van der Waals surface area contributed by atoms with E-state index >= 15 is 0 Å². The van der Waals surface area contributed by atoms with Gasteiger partial charge < -0.3 is 14.0 Å². The van der Waals surface area contributed by atoms with Crippen LogP contribution in [-0.4, -0.2) is 48.6 Å². The molecule has 1 aromatic carbocycles. The van der Waals surface area contributed by atoms with Gasteiger partial charge in [-0.2, -0.15) is 4.98 Å². The van der Waals surface area contributed by atoms with Crippen molar-refractivity contribution in [2.45, 2.75) is 26.2 Å². The minimum absolute atomic E-state index is 0.0118. The highest BCUT2D eigenvalue weighted by Crippen LogP contribution is 2.32. The molecule has 0 radical (unpaired) electrons. The van der Waals surface area contributed by atoms with Crippen molar-refractivity contribution in [2.24, 2.45) is 7.05 Å². The predicted molar refractivity (Wildman–Crippen MR) is 117 cm³/mol. The summed E-state index contributed by atoms with van der Waals surface area (Å²) < 4.78 is 6.93. The Bertz CT molecular complexity index is 1410. The molecule has 3 aromatic heterocycles. The number of hydrogen-bond acceptors (Lipinski definition) is 7. The highest BCUT2D eigenvalue weighted by molar-refractivity contribution is 5.97. The lowest BCUT2D eigenvalue weighted by Gasteiger charge is -2.18. The summed E-state index contributed by atoms with van der Waals surface area (Å²) in [5.74, 6) is 0.617. The maximum Gasteiger partial charge on any atom is 0.259 e. The number of aryl methyl sites for hydroxylation is 3. The van der Waals surface area contributed by atoms with Gasteiger partial charge in [0.25, 0.3) is 5.91 Å². The van der Waals surface area contributed by atoms with Crippen molar-refractivity contribution in [3.63, 3.8) is 0 Å². The quantitative estimate of drug-likeness (QED) is 0.492. The summed E-state index contributed by atoms with van der Waals surface area (Å²) in [5.41, 5.74) is 3.20. The zero-order valence-corrected chi connectivity index (χ0v) is 18.1. The first-order valence-corrected chi connectivity index (χ1v) is 10.4. The van der Waals surface area contributed by atoms with Crippen LogP contribution in [0.25, 0.3) is 22.3 Å². The SMILES string of the molecule is Cc1ccc2c(c1)c(=O)c(C(=O)N1CC[C@@H](c3ncncc3-c3noc(C)n3)C1)cn2C. The molecule has 1 amide bonds. The summed E-state index contributed by atoms with van der Waals surface area (Å²) in [6, 6.07) is 5.70. The van der Waals surface area contributed by atoms with Gasteiger partial charge in [0, 0.05) is 50.8 Å². The van der Waals surface area contributed by atoms with Gasteiger partial charge in [0.2, 0.25) is 17.1 Å². The van der Waals surface area contributed by atoms with E-state index in [0.717, 1.165) is 23.2 Å². The third kappa shape index (κ3) is 3.35. The van der Waals surface area contributed by atoms with E-state index < -0.39 is 0 Å². The first-order chi connectivity index (χ1) is 15.4. The molecule has 4 aromatic rings. The van der Waals surface area contributed by atoms with E-state index in [1.165, 1.54) is 6.33 Å². The second-order valence-electron chi connectivity index (χ2n) is 8.20. The minimum atomic E-state index is -0.262.